The summed E-state index contributed by atoms with van der Waals surface area (Å²) in [4.78, 5) is 18.7. The Hall–Kier alpha value is -3.37. The van der Waals surface area contributed by atoms with Crippen LogP contribution in [0.1, 0.15) is 32.1 Å². The van der Waals surface area contributed by atoms with Crippen LogP contribution in [0.2, 0.25) is 0 Å². The predicted molar refractivity (Wildman–Crippen MR) is 138 cm³/mol. The molecular formula is C27H30FN7O2. The zero-order valence-electron chi connectivity index (χ0n) is 20.7. The second-order valence-electron chi connectivity index (χ2n) is 10.3. The van der Waals surface area contributed by atoms with Gasteiger partial charge in [-0.25, -0.2) is 4.39 Å². The lowest BCUT2D eigenvalue weighted by Gasteiger charge is -2.31. The van der Waals surface area contributed by atoms with E-state index in [4.69, 9.17) is 14.5 Å². The van der Waals surface area contributed by atoms with Gasteiger partial charge in [0.25, 0.3) is 0 Å². The number of H-pyrrole nitrogens is 1. The molecule has 37 heavy (non-hydrogen) atoms. The number of halogens is 1. The first-order valence-corrected chi connectivity index (χ1v) is 13.2. The minimum Gasteiger partial charge on any atom is -0.461 e. The summed E-state index contributed by atoms with van der Waals surface area (Å²) in [5.74, 6) is 0.171. The summed E-state index contributed by atoms with van der Waals surface area (Å²) >= 11 is 0. The van der Waals surface area contributed by atoms with Gasteiger partial charge in [-0.15, -0.1) is 0 Å². The molecule has 0 saturated carbocycles. The maximum atomic E-state index is 16.3. The molecule has 9 nitrogen and oxygen atoms in total. The summed E-state index contributed by atoms with van der Waals surface area (Å²) < 4.78 is 28.2. The second kappa shape index (κ2) is 9.18. The number of hydrogen-bond donors (Lipinski definition) is 1. The van der Waals surface area contributed by atoms with E-state index >= 15 is 4.39 Å². The van der Waals surface area contributed by atoms with Crippen molar-refractivity contribution in [3.63, 3.8) is 0 Å². The fourth-order valence-electron chi connectivity index (χ4n) is 6.31. The molecule has 3 aliphatic heterocycles. The van der Waals surface area contributed by atoms with Crippen molar-refractivity contribution in [1.29, 1.82) is 0 Å². The number of ether oxygens (including phenoxy) is 2. The van der Waals surface area contributed by atoms with Gasteiger partial charge in [0.2, 0.25) is 0 Å². The number of benzene rings is 1. The Morgan fingerprint density at radius 1 is 1.00 bits per heavy atom. The fourth-order valence-corrected chi connectivity index (χ4v) is 6.31. The van der Waals surface area contributed by atoms with E-state index in [1.165, 1.54) is 12.8 Å². The Morgan fingerprint density at radius 3 is 2.78 bits per heavy atom. The van der Waals surface area contributed by atoms with Gasteiger partial charge in [0.15, 0.2) is 5.82 Å². The number of pyridine rings is 1. The second-order valence-corrected chi connectivity index (χ2v) is 10.3. The maximum Gasteiger partial charge on any atom is 0.319 e. The topological polar surface area (TPSA) is 92.3 Å². The fraction of sp³-hybridized carbons (Fsp3) is 0.481. The smallest absolute Gasteiger partial charge is 0.319 e. The molecule has 0 spiro atoms. The number of anilines is 1. The predicted octanol–water partition coefficient (Wildman–Crippen LogP) is 3.94. The van der Waals surface area contributed by atoms with Crippen molar-refractivity contribution in [2.75, 3.05) is 50.9 Å². The Bertz CT molecular complexity index is 1440. The van der Waals surface area contributed by atoms with Crippen LogP contribution in [-0.2, 0) is 4.74 Å². The molecule has 0 aliphatic carbocycles. The molecule has 3 aliphatic rings. The molecule has 1 N–H and O–H groups in total. The number of rotatable bonds is 5. The van der Waals surface area contributed by atoms with E-state index in [0.29, 0.717) is 43.1 Å². The molecule has 0 atom stereocenters. The Balaban J connectivity index is 1.33. The summed E-state index contributed by atoms with van der Waals surface area (Å²) in [5.41, 5.74) is 2.01. The minimum absolute atomic E-state index is 0.0494. The average Bonchev–Trinajstić information content (AvgIpc) is 3.59. The average molecular weight is 504 g/mol. The molecule has 0 bridgehead atoms. The lowest BCUT2D eigenvalue weighted by molar-refractivity contribution is 0.108. The van der Waals surface area contributed by atoms with E-state index in [0.717, 1.165) is 49.8 Å². The monoisotopic (exact) mass is 503 g/mol. The van der Waals surface area contributed by atoms with Crippen LogP contribution in [0.5, 0.6) is 6.01 Å². The quantitative estimate of drug-likeness (QED) is 0.438. The van der Waals surface area contributed by atoms with Crippen LogP contribution in [0, 0.1) is 5.82 Å². The van der Waals surface area contributed by atoms with E-state index in [1.54, 1.807) is 12.4 Å². The largest absolute Gasteiger partial charge is 0.461 e. The third-order valence-corrected chi connectivity index (χ3v) is 8.19. The van der Waals surface area contributed by atoms with Crippen molar-refractivity contribution >= 4 is 27.6 Å². The van der Waals surface area contributed by atoms with Gasteiger partial charge in [0.1, 0.15) is 23.6 Å². The van der Waals surface area contributed by atoms with Crippen LogP contribution in [0.25, 0.3) is 33.1 Å². The van der Waals surface area contributed by atoms with Crippen molar-refractivity contribution in [1.82, 2.24) is 30.0 Å². The van der Waals surface area contributed by atoms with E-state index in [9.17, 15) is 0 Å². The molecular weight excluding hydrogens is 473 g/mol. The first-order chi connectivity index (χ1) is 18.2. The van der Waals surface area contributed by atoms with Gasteiger partial charge in [-0.05, 0) is 51.3 Å². The lowest BCUT2D eigenvalue weighted by atomic mass is 9.95. The number of aromatic amines is 1. The number of nitrogens with zero attached hydrogens (tertiary/aromatic N) is 6. The van der Waals surface area contributed by atoms with Gasteiger partial charge in [-0.2, -0.15) is 15.1 Å². The van der Waals surface area contributed by atoms with E-state index in [-0.39, 0.29) is 22.8 Å². The summed E-state index contributed by atoms with van der Waals surface area (Å²) in [6, 6.07) is 5.85. The summed E-state index contributed by atoms with van der Waals surface area (Å²) in [5, 5.41) is 8.46. The Labute approximate surface area is 214 Å². The molecule has 0 radical (unpaired) electrons. The van der Waals surface area contributed by atoms with Gasteiger partial charge in [-0.1, -0.05) is 12.1 Å². The van der Waals surface area contributed by atoms with Gasteiger partial charge in [0.05, 0.1) is 29.2 Å². The van der Waals surface area contributed by atoms with Crippen LogP contribution < -0.4 is 9.64 Å². The van der Waals surface area contributed by atoms with Crippen molar-refractivity contribution < 1.29 is 13.9 Å². The highest BCUT2D eigenvalue weighted by molar-refractivity contribution is 5.97. The molecule has 0 amide bonds. The van der Waals surface area contributed by atoms with Crippen LogP contribution in [0.15, 0.2) is 30.6 Å². The van der Waals surface area contributed by atoms with Crippen LogP contribution in [0.3, 0.4) is 0 Å². The maximum absolute atomic E-state index is 16.3. The van der Waals surface area contributed by atoms with Crippen molar-refractivity contribution in [2.45, 2.75) is 37.6 Å². The zero-order chi connectivity index (χ0) is 24.8. The Kier molecular flexibility index (Phi) is 5.66. The summed E-state index contributed by atoms with van der Waals surface area (Å²) in [6.45, 7) is 5.48. The summed E-state index contributed by atoms with van der Waals surface area (Å²) in [6.07, 6.45) is 8.86. The molecule has 10 heteroatoms. The molecule has 3 aromatic heterocycles. The normalized spacial score (nSPS) is 20.0. The van der Waals surface area contributed by atoms with Crippen LogP contribution in [0.4, 0.5) is 10.2 Å². The molecule has 0 unspecified atom stereocenters. The minimum atomic E-state index is -0.479. The third kappa shape index (κ3) is 3.90. The van der Waals surface area contributed by atoms with Gasteiger partial charge < -0.3 is 14.4 Å². The lowest BCUT2D eigenvalue weighted by Crippen LogP contribution is -2.43. The molecule has 4 aromatic rings. The molecule has 3 fully saturated rings. The van der Waals surface area contributed by atoms with Gasteiger partial charge in [0, 0.05) is 36.8 Å². The molecule has 1 aromatic carbocycles. The SMILES string of the molecule is Fc1c(-c2cccc3[nH]ncc23)ncc2c(N3CCCOCC3)nc(OCC34CCCN3CCC4)nc12. The van der Waals surface area contributed by atoms with Crippen molar-refractivity contribution in [2.24, 2.45) is 0 Å². The van der Waals surface area contributed by atoms with E-state index in [2.05, 4.69) is 30.0 Å². The zero-order valence-corrected chi connectivity index (χ0v) is 20.7. The molecule has 7 rings (SSSR count). The number of nitrogens with one attached hydrogen (secondary N) is 1. The number of hydrogen-bond acceptors (Lipinski definition) is 8. The summed E-state index contributed by atoms with van der Waals surface area (Å²) in [7, 11) is 0. The highest BCUT2D eigenvalue weighted by Crippen LogP contribution is 2.40. The Morgan fingerprint density at radius 2 is 1.89 bits per heavy atom. The third-order valence-electron chi connectivity index (χ3n) is 8.19. The van der Waals surface area contributed by atoms with E-state index in [1.807, 2.05) is 18.2 Å². The molecule has 6 heterocycles. The number of aromatic nitrogens is 5. The van der Waals surface area contributed by atoms with Crippen molar-refractivity contribution in [3.05, 3.63) is 36.4 Å². The first-order valence-electron chi connectivity index (χ1n) is 13.2. The first kappa shape index (κ1) is 22.8. The van der Waals surface area contributed by atoms with Gasteiger partial charge >= 0.3 is 6.01 Å². The van der Waals surface area contributed by atoms with Crippen LogP contribution >= 0.6 is 0 Å². The van der Waals surface area contributed by atoms with Crippen LogP contribution in [-0.4, -0.2) is 81.6 Å². The van der Waals surface area contributed by atoms with Gasteiger partial charge in [-0.3, -0.25) is 15.0 Å². The number of fused-ring (bicyclic) bond motifs is 3. The molecule has 192 valence electrons. The highest BCUT2D eigenvalue weighted by Gasteiger charge is 2.45. The van der Waals surface area contributed by atoms with Crippen molar-refractivity contribution in [3.8, 4) is 17.3 Å². The highest BCUT2D eigenvalue weighted by atomic mass is 19.1. The van der Waals surface area contributed by atoms with E-state index < -0.39 is 5.82 Å². The standard InChI is InChI=1S/C27H30FN7O2/c28-22-23(18-5-1-6-21-19(18)16-30-33-21)29-15-20-24(22)31-26(32-25(20)34-9-4-13-36-14-12-34)37-17-27-7-2-10-35(27)11-3-8-27/h1,5-6,15-16H,2-4,7-14,17H2,(H,30,33). The molecule has 3 saturated heterocycles.